The van der Waals surface area contributed by atoms with Gasteiger partial charge in [-0.05, 0) is 42.8 Å². The van der Waals surface area contributed by atoms with Gasteiger partial charge in [0.15, 0.2) is 0 Å². The molecule has 1 aliphatic heterocycles. The second-order valence-corrected chi connectivity index (χ2v) is 7.04. The van der Waals surface area contributed by atoms with Gasteiger partial charge in [0, 0.05) is 41.0 Å². The van der Waals surface area contributed by atoms with E-state index in [9.17, 15) is 9.59 Å². The molecule has 1 aliphatic rings. The number of nitrogens with one attached hydrogen (secondary N) is 1. The molecule has 2 aromatic carbocycles. The van der Waals surface area contributed by atoms with E-state index in [1.807, 2.05) is 30.3 Å². The molecule has 0 radical (unpaired) electrons. The Balaban J connectivity index is 1.46. The van der Waals surface area contributed by atoms with Crippen molar-refractivity contribution in [2.75, 3.05) is 16.8 Å². The van der Waals surface area contributed by atoms with Crippen LogP contribution in [0.3, 0.4) is 0 Å². The molecule has 3 aromatic rings. The van der Waals surface area contributed by atoms with Gasteiger partial charge in [-0.1, -0.05) is 17.7 Å². The molecule has 0 aliphatic carbocycles. The van der Waals surface area contributed by atoms with E-state index in [1.54, 1.807) is 24.0 Å². The van der Waals surface area contributed by atoms with Crippen LogP contribution in [0.4, 0.5) is 11.4 Å². The Bertz CT molecular complexity index is 1040. The average molecular weight is 396 g/mol. The highest BCUT2D eigenvalue weighted by atomic mass is 35.5. The lowest BCUT2D eigenvalue weighted by Crippen LogP contribution is -2.25. The Morgan fingerprint density at radius 1 is 1.21 bits per heavy atom. The molecule has 4 rings (SSSR count). The largest absolute Gasteiger partial charge is 0.444 e. The summed E-state index contributed by atoms with van der Waals surface area (Å²) in [5.41, 5.74) is 3.90. The minimum atomic E-state index is -0.189. The summed E-state index contributed by atoms with van der Waals surface area (Å²) in [7, 11) is 0. The minimum Gasteiger partial charge on any atom is -0.444 e. The molecule has 0 fully saturated rings. The van der Waals surface area contributed by atoms with Crippen molar-refractivity contribution in [2.45, 2.75) is 19.8 Å². The monoisotopic (exact) mass is 395 g/mol. The topological polar surface area (TPSA) is 75.4 Å². The molecule has 2 amide bonds. The molecular formula is C21H18ClN3O3. The van der Waals surface area contributed by atoms with Crippen LogP contribution in [0.5, 0.6) is 0 Å². The van der Waals surface area contributed by atoms with Gasteiger partial charge in [0.25, 0.3) is 0 Å². The third kappa shape index (κ3) is 3.64. The predicted octanol–water partition coefficient (Wildman–Crippen LogP) is 4.09. The van der Waals surface area contributed by atoms with Crippen LogP contribution in [0.1, 0.15) is 18.2 Å². The smallest absolute Gasteiger partial charge is 0.230 e. The first-order valence-corrected chi connectivity index (χ1v) is 9.29. The summed E-state index contributed by atoms with van der Waals surface area (Å²) >= 11 is 5.89. The van der Waals surface area contributed by atoms with E-state index in [2.05, 4.69) is 10.3 Å². The number of carbonyl (C=O) groups is 2. The van der Waals surface area contributed by atoms with Crippen molar-refractivity contribution in [2.24, 2.45) is 0 Å². The summed E-state index contributed by atoms with van der Waals surface area (Å²) in [4.78, 5) is 30.3. The number of fused-ring (bicyclic) bond motifs is 1. The summed E-state index contributed by atoms with van der Waals surface area (Å²) in [5.74, 6) is 0.252. The van der Waals surface area contributed by atoms with Gasteiger partial charge >= 0.3 is 0 Å². The second-order valence-electron chi connectivity index (χ2n) is 6.60. The number of halogens is 1. The van der Waals surface area contributed by atoms with E-state index in [4.69, 9.17) is 16.0 Å². The van der Waals surface area contributed by atoms with Gasteiger partial charge in [-0.25, -0.2) is 4.98 Å². The Morgan fingerprint density at radius 3 is 2.75 bits per heavy atom. The summed E-state index contributed by atoms with van der Waals surface area (Å²) in [6.45, 7) is 2.18. The molecule has 0 saturated carbocycles. The summed E-state index contributed by atoms with van der Waals surface area (Å²) in [6, 6.07) is 12.7. The number of rotatable bonds is 4. The van der Waals surface area contributed by atoms with Gasteiger partial charge in [0.05, 0.1) is 12.1 Å². The lowest BCUT2D eigenvalue weighted by Gasteiger charge is -2.15. The van der Waals surface area contributed by atoms with Crippen molar-refractivity contribution in [1.29, 1.82) is 0 Å². The molecule has 7 heteroatoms. The molecule has 6 nitrogen and oxygen atoms in total. The fraction of sp³-hybridized carbons (Fsp3) is 0.190. The molecule has 0 atom stereocenters. The van der Waals surface area contributed by atoms with Gasteiger partial charge in [-0.3, -0.25) is 9.59 Å². The maximum Gasteiger partial charge on any atom is 0.230 e. The SMILES string of the molecule is CC(=O)N1CCc2c(NC(=O)Cc3coc(-c4ccc(Cl)cc4)n3)cccc21. The number of aromatic nitrogens is 1. The number of nitrogens with zero attached hydrogens (tertiary/aromatic N) is 2. The number of benzene rings is 2. The van der Waals surface area contributed by atoms with E-state index in [-0.39, 0.29) is 18.2 Å². The quantitative estimate of drug-likeness (QED) is 0.722. The number of hydrogen-bond donors (Lipinski definition) is 1. The molecule has 142 valence electrons. The van der Waals surface area contributed by atoms with Crippen LogP contribution in [-0.4, -0.2) is 23.3 Å². The Kier molecular flexibility index (Phi) is 4.88. The van der Waals surface area contributed by atoms with Gasteiger partial charge in [-0.2, -0.15) is 0 Å². The fourth-order valence-corrected chi connectivity index (χ4v) is 3.48. The van der Waals surface area contributed by atoms with Crippen molar-refractivity contribution in [3.8, 4) is 11.5 Å². The summed E-state index contributed by atoms with van der Waals surface area (Å²) in [6.07, 6.45) is 2.30. The third-order valence-electron chi connectivity index (χ3n) is 4.67. The molecule has 0 unspecified atom stereocenters. The Hall–Kier alpha value is -3.12. The van der Waals surface area contributed by atoms with Crippen molar-refractivity contribution < 1.29 is 14.0 Å². The van der Waals surface area contributed by atoms with Crippen LogP contribution < -0.4 is 10.2 Å². The zero-order valence-corrected chi connectivity index (χ0v) is 16.0. The maximum absolute atomic E-state index is 12.5. The van der Waals surface area contributed by atoms with E-state index < -0.39 is 0 Å². The lowest BCUT2D eigenvalue weighted by atomic mass is 10.1. The first kappa shape index (κ1) is 18.3. The lowest BCUT2D eigenvalue weighted by molar-refractivity contribution is -0.117. The average Bonchev–Trinajstić information content (AvgIpc) is 3.30. The molecule has 1 N–H and O–H groups in total. The first-order chi connectivity index (χ1) is 13.5. The Morgan fingerprint density at radius 2 is 2.00 bits per heavy atom. The van der Waals surface area contributed by atoms with Gasteiger partial charge in [0.1, 0.15) is 6.26 Å². The van der Waals surface area contributed by atoms with Crippen LogP contribution >= 0.6 is 11.6 Å². The highest BCUT2D eigenvalue weighted by Gasteiger charge is 2.24. The van der Waals surface area contributed by atoms with Crippen molar-refractivity contribution >= 4 is 34.8 Å². The molecule has 0 saturated heterocycles. The van der Waals surface area contributed by atoms with Crippen molar-refractivity contribution in [1.82, 2.24) is 4.98 Å². The predicted molar refractivity (Wildman–Crippen MR) is 107 cm³/mol. The van der Waals surface area contributed by atoms with E-state index >= 15 is 0 Å². The molecule has 0 spiro atoms. The van der Waals surface area contributed by atoms with Crippen molar-refractivity contribution in [3.05, 3.63) is 65.0 Å². The van der Waals surface area contributed by atoms with E-state index in [1.165, 1.54) is 6.26 Å². The van der Waals surface area contributed by atoms with Gasteiger partial charge in [0.2, 0.25) is 17.7 Å². The number of carbonyl (C=O) groups excluding carboxylic acids is 2. The molecular weight excluding hydrogens is 378 g/mol. The van der Waals surface area contributed by atoms with Crippen LogP contribution in [0.25, 0.3) is 11.5 Å². The molecule has 0 bridgehead atoms. The highest BCUT2D eigenvalue weighted by Crippen LogP contribution is 2.33. The molecule has 28 heavy (non-hydrogen) atoms. The Labute approximate surface area is 167 Å². The fourth-order valence-electron chi connectivity index (χ4n) is 3.35. The van der Waals surface area contributed by atoms with Crippen LogP contribution in [-0.2, 0) is 22.4 Å². The summed E-state index contributed by atoms with van der Waals surface area (Å²) < 4.78 is 5.48. The van der Waals surface area contributed by atoms with Gasteiger partial charge in [-0.15, -0.1) is 0 Å². The van der Waals surface area contributed by atoms with Crippen LogP contribution in [0, 0.1) is 0 Å². The minimum absolute atomic E-state index is 0.000414. The van der Waals surface area contributed by atoms with Crippen molar-refractivity contribution in [3.63, 3.8) is 0 Å². The first-order valence-electron chi connectivity index (χ1n) is 8.91. The number of hydrogen-bond acceptors (Lipinski definition) is 4. The zero-order valence-electron chi connectivity index (χ0n) is 15.2. The number of oxazole rings is 1. The van der Waals surface area contributed by atoms with Gasteiger partial charge < -0.3 is 14.6 Å². The summed E-state index contributed by atoms with van der Waals surface area (Å²) in [5, 5.41) is 3.56. The van der Waals surface area contributed by atoms with Crippen LogP contribution in [0.2, 0.25) is 5.02 Å². The number of anilines is 2. The van der Waals surface area contributed by atoms with E-state index in [0.29, 0.717) is 23.2 Å². The normalized spacial score (nSPS) is 12.7. The highest BCUT2D eigenvalue weighted by molar-refractivity contribution is 6.30. The van der Waals surface area contributed by atoms with E-state index in [0.717, 1.165) is 28.9 Å². The number of amides is 2. The van der Waals surface area contributed by atoms with Crippen LogP contribution in [0.15, 0.2) is 53.1 Å². The molecule has 2 heterocycles. The maximum atomic E-state index is 12.5. The zero-order chi connectivity index (χ0) is 19.7. The third-order valence-corrected chi connectivity index (χ3v) is 4.92. The second kappa shape index (κ2) is 7.48. The molecule has 1 aromatic heterocycles. The standard InChI is InChI=1S/C21H18ClN3O3/c1-13(26)25-10-9-17-18(3-2-4-19(17)25)24-20(27)11-16-12-28-21(23-16)14-5-7-15(22)8-6-14/h2-8,12H,9-11H2,1H3,(H,24,27).